The molecule has 8 nitrogen and oxygen atoms in total. The highest BCUT2D eigenvalue weighted by Gasteiger charge is 2.25. The number of carbonyl (C=O) groups is 1. The smallest absolute Gasteiger partial charge is 0.204 e. The van der Waals surface area contributed by atoms with E-state index >= 15 is 0 Å². The lowest BCUT2D eigenvalue weighted by Crippen LogP contribution is -2.49. The fraction of sp³-hybridized carbons (Fsp3) is 0.381. The first-order valence-corrected chi connectivity index (χ1v) is 9.90. The van der Waals surface area contributed by atoms with E-state index in [1.165, 1.54) is 21.1 Å². The quantitative estimate of drug-likeness (QED) is 0.526. The molecule has 0 saturated carbocycles. The van der Waals surface area contributed by atoms with Crippen LogP contribution in [0.3, 0.4) is 0 Å². The first-order chi connectivity index (χ1) is 14.5. The average Bonchev–Trinajstić information content (AvgIpc) is 2.77. The molecule has 1 aromatic carbocycles. The van der Waals surface area contributed by atoms with E-state index in [1.54, 1.807) is 24.5 Å². The summed E-state index contributed by atoms with van der Waals surface area (Å²) in [5, 5.41) is 3.78. The van der Waals surface area contributed by atoms with Crippen LogP contribution in [-0.4, -0.2) is 67.4 Å². The van der Waals surface area contributed by atoms with Crippen LogP contribution in [-0.2, 0) is 4.74 Å². The largest absolute Gasteiger partial charge is 0.493 e. The zero-order valence-electron chi connectivity index (χ0n) is 17.2. The standard InChI is InChI=1S/C21H25N3O5S/c1-14(25)17-6-7-18(26-2)20(27-3)19(17)29-13-16-12-24(9-10-28-16)21(30)23-15-5-4-8-22-11-15/h4-8,11,16H,9-10,12-13H2,1-3H3,(H,23,30). The van der Waals surface area contributed by atoms with E-state index in [2.05, 4.69) is 10.3 Å². The van der Waals surface area contributed by atoms with Gasteiger partial charge in [-0.25, -0.2) is 0 Å². The van der Waals surface area contributed by atoms with Crippen LogP contribution in [0.4, 0.5) is 5.69 Å². The van der Waals surface area contributed by atoms with Crippen LogP contribution in [0.25, 0.3) is 0 Å². The van der Waals surface area contributed by atoms with Crippen molar-refractivity contribution >= 4 is 28.8 Å². The second-order valence-electron chi connectivity index (χ2n) is 6.66. The first-order valence-electron chi connectivity index (χ1n) is 9.49. The number of benzene rings is 1. The van der Waals surface area contributed by atoms with Crippen LogP contribution >= 0.6 is 12.2 Å². The number of carbonyl (C=O) groups excluding carboxylic acids is 1. The highest BCUT2D eigenvalue weighted by atomic mass is 32.1. The van der Waals surface area contributed by atoms with E-state index in [4.69, 9.17) is 31.2 Å². The second kappa shape index (κ2) is 10.2. The zero-order chi connectivity index (χ0) is 21.5. The van der Waals surface area contributed by atoms with Gasteiger partial charge < -0.3 is 29.2 Å². The number of ketones is 1. The lowest BCUT2D eigenvalue weighted by Gasteiger charge is -2.34. The topological polar surface area (TPSA) is 82.2 Å². The maximum atomic E-state index is 12.1. The summed E-state index contributed by atoms with van der Waals surface area (Å²) in [6.07, 6.45) is 3.19. The molecule has 2 heterocycles. The highest BCUT2D eigenvalue weighted by Crippen LogP contribution is 2.40. The second-order valence-corrected chi connectivity index (χ2v) is 7.04. The van der Waals surface area contributed by atoms with Crippen molar-refractivity contribution in [3.63, 3.8) is 0 Å². The van der Waals surface area contributed by atoms with Crippen molar-refractivity contribution in [2.75, 3.05) is 45.8 Å². The number of hydrogen-bond acceptors (Lipinski definition) is 7. The van der Waals surface area contributed by atoms with Gasteiger partial charge in [-0.15, -0.1) is 0 Å². The molecule has 0 spiro atoms. The van der Waals surface area contributed by atoms with Crippen molar-refractivity contribution in [1.82, 2.24) is 9.88 Å². The van der Waals surface area contributed by atoms with Gasteiger partial charge in [-0.1, -0.05) is 0 Å². The Morgan fingerprint density at radius 1 is 1.30 bits per heavy atom. The van der Waals surface area contributed by atoms with E-state index in [1.807, 2.05) is 17.0 Å². The van der Waals surface area contributed by atoms with Crippen LogP contribution in [0.5, 0.6) is 17.2 Å². The number of nitrogens with one attached hydrogen (secondary N) is 1. The van der Waals surface area contributed by atoms with Crippen molar-refractivity contribution in [3.8, 4) is 17.2 Å². The van der Waals surface area contributed by atoms with Gasteiger partial charge in [-0.2, -0.15) is 0 Å². The Kier molecular flexibility index (Phi) is 7.42. The monoisotopic (exact) mass is 431 g/mol. The Labute approximate surface area is 181 Å². The Balaban J connectivity index is 1.67. The van der Waals surface area contributed by atoms with Gasteiger partial charge in [0.15, 0.2) is 22.4 Å². The Hall–Kier alpha value is -2.91. The molecule has 2 aromatic rings. The Morgan fingerprint density at radius 3 is 2.80 bits per heavy atom. The number of thiocarbonyl (C=S) groups is 1. The van der Waals surface area contributed by atoms with Gasteiger partial charge in [0, 0.05) is 19.3 Å². The van der Waals surface area contributed by atoms with Crippen molar-refractivity contribution in [1.29, 1.82) is 0 Å². The van der Waals surface area contributed by atoms with Crippen molar-refractivity contribution in [3.05, 3.63) is 42.2 Å². The summed E-state index contributed by atoms with van der Waals surface area (Å²) in [4.78, 5) is 18.2. The minimum atomic E-state index is -0.233. The lowest BCUT2D eigenvalue weighted by molar-refractivity contribution is -0.0285. The summed E-state index contributed by atoms with van der Waals surface area (Å²) >= 11 is 5.52. The number of morpholine rings is 1. The van der Waals surface area contributed by atoms with Gasteiger partial charge in [0.1, 0.15) is 12.7 Å². The van der Waals surface area contributed by atoms with Gasteiger partial charge in [0.2, 0.25) is 5.75 Å². The van der Waals surface area contributed by atoms with Crippen LogP contribution in [0.15, 0.2) is 36.7 Å². The summed E-state index contributed by atoms with van der Waals surface area (Å²) in [6, 6.07) is 7.09. The molecule has 1 fully saturated rings. The van der Waals surface area contributed by atoms with Gasteiger partial charge in [-0.05, 0) is 43.4 Å². The van der Waals surface area contributed by atoms with Gasteiger partial charge in [-0.3, -0.25) is 9.78 Å². The predicted molar refractivity (Wildman–Crippen MR) is 117 cm³/mol. The molecule has 3 rings (SSSR count). The number of aromatic nitrogens is 1. The molecular formula is C21H25N3O5S. The summed E-state index contributed by atoms with van der Waals surface area (Å²) in [5.74, 6) is 1.09. The maximum Gasteiger partial charge on any atom is 0.204 e. The van der Waals surface area contributed by atoms with Gasteiger partial charge in [0.25, 0.3) is 0 Å². The summed E-state index contributed by atoms with van der Waals surface area (Å²) in [6.45, 7) is 3.45. The molecular weight excluding hydrogens is 406 g/mol. The molecule has 1 aromatic heterocycles. The van der Waals surface area contributed by atoms with Gasteiger partial charge in [0.05, 0.1) is 38.3 Å². The molecule has 1 aliphatic heterocycles. The first kappa shape index (κ1) is 21.8. The van der Waals surface area contributed by atoms with Crippen molar-refractivity contribution in [2.24, 2.45) is 0 Å². The van der Waals surface area contributed by atoms with E-state index in [-0.39, 0.29) is 18.5 Å². The van der Waals surface area contributed by atoms with Crippen LogP contribution < -0.4 is 19.5 Å². The number of ether oxygens (including phenoxy) is 4. The zero-order valence-corrected chi connectivity index (χ0v) is 18.0. The fourth-order valence-electron chi connectivity index (χ4n) is 3.14. The van der Waals surface area contributed by atoms with Crippen LogP contribution in [0, 0.1) is 0 Å². The number of Topliss-reactive ketones (excluding diaryl/α,β-unsaturated/α-hetero) is 1. The highest BCUT2D eigenvalue weighted by molar-refractivity contribution is 7.80. The van der Waals surface area contributed by atoms with Crippen LogP contribution in [0.2, 0.25) is 0 Å². The third kappa shape index (κ3) is 5.17. The average molecular weight is 432 g/mol. The number of hydrogen-bond donors (Lipinski definition) is 1. The summed E-state index contributed by atoms with van der Waals surface area (Å²) in [5.41, 5.74) is 1.25. The minimum Gasteiger partial charge on any atom is -0.493 e. The molecule has 9 heteroatoms. The molecule has 0 amide bonds. The Bertz CT molecular complexity index is 894. The number of rotatable bonds is 7. The van der Waals surface area contributed by atoms with E-state index in [0.29, 0.717) is 47.6 Å². The van der Waals surface area contributed by atoms with E-state index in [9.17, 15) is 4.79 Å². The molecule has 1 unspecified atom stereocenters. The molecule has 1 atom stereocenters. The van der Waals surface area contributed by atoms with Crippen molar-refractivity contribution in [2.45, 2.75) is 13.0 Å². The molecule has 1 N–H and O–H groups in total. The van der Waals surface area contributed by atoms with E-state index in [0.717, 1.165) is 5.69 Å². The molecule has 30 heavy (non-hydrogen) atoms. The van der Waals surface area contributed by atoms with Gasteiger partial charge >= 0.3 is 0 Å². The summed E-state index contributed by atoms with van der Waals surface area (Å²) in [7, 11) is 3.05. The van der Waals surface area contributed by atoms with E-state index < -0.39 is 0 Å². The minimum absolute atomic E-state index is 0.126. The predicted octanol–water partition coefficient (Wildman–Crippen LogP) is 2.78. The normalized spacial score (nSPS) is 16.0. The maximum absolute atomic E-state index is 12.1. The number of nitrogens with zero attached hydrogens (tertiary/aromatic N) is 2. The molecule has 1 saturated heterocycles. The molecule has 160 valence electrons. The molecule has 1 aliphatic rings. The molecule has 0 bridgehead atoms. The number of methoxy groups -OCH3 is 2. The SMILES string of the molecule is COc1ccc(C(C)=O)c(OCC2CN(C(=S)Nc3cccnc3)CCO2)c1OC. The van der Waals surface area contributed by atoms with Crippen LogP contribution in [0.1, 0.15) is 17.3 Å². The van der Waals surface area contributed by atoms with Crippen molar-refractivity contribution < 1.29 is 23.7 Å². The summed E-state index contributed by atoms with van der Waals surface area (Å²) < 4.78 is 22.6. The number of pyridine rings is 1. The molecule has 0 aliphatic carbocycles. The Morgan fingerprint density at radius 2 is 2.13 bits per heavy atom. The lowest BCUT2D eigenvalue weighted by atomic mass is 10.1. The fourth-order valence-corrected chi connectivity index (χ4v) is 3.42. The number of anilines is 1. The molecule has 0 radical (unpaired) electrons. The third-order valence-corrected chi connectivity index (χ3v) is 4.99. The third-order valence-electron chi connectivity index (χ3n) is 4.63.